The molecule has 1 aliphatic heterocycles. The van der Waals surface area contributed by atoms with Gasteiger partial charge in [-0.15, -0.1) is 0 Å². The van der Waals surface area contributed by atoms with Gasteiger partial charge in [-0.2, -0.15) is 0 Å². The van der Waals surface area contributed by atoms with Crippen molar-refractivity contribution in [1.82, 2.24) is 0 Å². The molecule has 14 heavy (non-hydrogen) atoms. The van der Waals surface area contributed by atoms with Crippen LogP contribution in [0.3, 0.4) is 0 Å². The van der Waals surface area contributed by atoms with Gasteiger partial charge in [0.05, 0.1) is 5.02 Å². The summed E-state index contributed by atoms with van der Waals surface area (Å²) in [7, 11) is 0. The highest BCUT2D eigenvalue weighted by atomic mass is 79.9. The zero-order chi connectivity index (χ0) is 10.5. The van der Waals surface area contributed by atoms with Crippen molar-refractivity contribution in [2.75, 3.05) is 11.9 Å². The Labute approximate surface area is 98.0 Å². The van der Waals surface area contributed by atoms with E-state index >= 15 is 0 Å². The average molecular weight is 275 g/mol. The molecule has 0 aromatic heterocycles. The van der Waals surface area contributed by atoms with E-state index in [1.807, 2.05) is 0 Å². The van der Waals surface area contributed by atoms with Gasteiger partial charge in [0.2, 0.25) is 0 Å². The number of hydrogen-bond donors (Lipinski definition) is 1. The van der Waals surface area contributed by atoms with Crippen LogP contribution >= 0.6 is 27.5 Å². The van der Waals surface area contributed by atoms with Crippen LogP contribution in [0, 0.1) is 6.92 Å². The van der Waals surface area contributed by atoms with Gasteiger partial charge < -0.3 is 5.32 Å². The molecule has 3 heteroatoms. The molecule has 0 atom stereocenters. The summed E-state index contributed by atoms with van der Waals surface area (Å²) in [5.74, 6) is 0. The summed E-state index contributed by atoms with van der Waals surface area (Å²) in [4.78, 5) is 0. The zero-order valence-corrected chi connectivity index (χ0v) is 10.9. The largest absolute Gasteiger partial charge is 0.384 e. The van der Waals surface area contributed by atoms with Crippen LogP contribution in [0.5, 0.6) is 0 Å². The quantitative estimate of drug-likeness (QED) is 0.750. The van der Waals surface area contributed by atoms with Gasteiger partial charge in [0.25, 0.3) is 0 Å². The first-order chi connectivity index (χ1) is 6.43. The second-order valence-electron chi connectivity index (χ2n) is 4.48. The molecular weight excluding hydrogens is 261 g/mol. The van der Waals surface area contributed by atoms with E-state index in [9.17, 15) is 0 Å². The van der Waals surface area contributed by atoms with Gasteiger partial charge in [0.15, 0.2) is 0 Å². The van der Waals surface area contributed by atoms with Crippen molar-refractivity contribution in [3.63, 3.8) is 0 Å². The highest BCUT2D eigenvalue weighted by Gasteiger charge is 2.33. The third kappa shape index (κ3) is 1.36. The summed E-state index contributed by atoms with van der Waals surface area (Å²) < 4.78 is 0.993. The van der Waals surface area contributed by atoms with Gasteiger partial charge in [0, 0.05) is 27.7 Å². The lowest BCUT2D eigenvalue weighted by atomic mass is 9.86. The molecule has 1 nitrogen and oxygen atoms in total. The molecule has 1 aromatic rings. The van der Waals surface area contributed by atoms with Crippen molar-refractivity contribution < 1.29 is 0 Å². The second kappa shape index (κ2) is 3.14. The second-order valence-corrected chi connectivity index (χ2v) is 5.71. The predicted molar refractivity (Wildman–Crippen MR) is 65.4 cm³/mol. The molecule has 2 rings (SSSR count). The van der Waals surface area contributed by atoms with Gasteiger partial charge in [-0.05, 0) is 34.5 Å². The minimum absolute atomic E-state index is 0.126. The summed E-state index contributed by atoms with van der Waals surface area (Å²) in [6, 6.07) is 2.07. The Hall–Kier alpha value is -0.210. The van der Waals surface area contributed by atoms with Crippen LogP contribution in [0.15, 0.2) is 10.5 Å². The fourth-order valence-corrected chi connectivity index (χ4v) is 2.96. The van der Waals surface area contributed by atoms with E-state index in [1.165, 1.54) is 16.8 Å². The Balaban J connectivity index is 2.75. The van der Waals surface area contributed by atoms with Gasteiger partial charge in [-0.3, -0.25) is 0 Å². The molecule has 0 radical (unpaired) electrons. The molecule has 1 aromatic carbocycles. The van der Waals surface area contributed by atoms with Gasteiger partial charge in [-0.25, -0.2) is 0 Å². The lowest BCUT2D eigenvalue weighted by Crippen LogP contribution is -2.19. The molecule has 0 saturated carbocycles. The van der Waals surface area contributed by atoms with Gasteiger partial charge >= 0.3 is 0 Å². The Kier molecular flexibility index (Phi) is 2.31. The lowest BCUT2D eigenvalue weighted by Gasteiger charge is -2.19. The van der Waals surface area contributed by atoms with Crippen LogP contribution in [-0.4, -0.2) is 6.54 Å². The third-order valence-electron chi connectivity index (χ3n) is 2.80. The van der Waals surface area contributed by atoms with Crippen molar-refractivity contribution >= 4 is 33.2 Å². The molecule has 1 heterocycles. The SMILES string of the molecule is Cc1cc(Br)c(Cl)c2c1NCC2(C)C. The van der Waals surface area contributed by atoms with E-state index in [1.54, 1.807) is 0 Å². The zero-order valence-electron chi connectivity index (χ0n) is 8.54. The van der Waals surface area contributed by atoms with Crippen LogP contribution in [0.1, 0.15) is 25.0 Å². The summed E-state index contributed by atoms with van der Waals surface area (Å²) >= 11 is 9.80. The summed E-state index contributed by atoms with van der Waals surface area (Å²) in [5.41, 5.74) is 3.83. The maximum Gasteiger partial charge on any atom is 0.0607 e. The molecule has 0 aliphatic carbocycles. The van der Waals surface area contributed by atoms with Crippen LogP contribution in [0.4, 0.5) is 5.69 Å². The van der Waals surface area contributed by atoms with E-state index < -0.39 is 0 Å². The Morgan fingerprint density at radius 3 is 2.79 bits per heavy atom. The molecule has 0 unspecified atom stereocenters. The van der Waals surface area contributed by atoms with E-state index in [-0.39, 0.29) is 5.41 Å². The number of rotatable bonds is 0. The predicted octanol–water partition coefficient (Wildman–Crippen LogP) is 4.11. The molecule has 1 N–H and O–H groups in total. The fourth-order valence-electron chi connectivity index (χ4n) is 2.01. The number of fused-ring (bicyclic) bond motifs is 1. The maximum atomic E-state index is 6.31. The number of anilines is 1. The number of hydrogen-bond acceptors (Lipinski definition) is 1. The van der Waals surface area contributed by atoms with Crippen LogP contribution in [0.2, 0.25) is 5.02 Å². The Bertz CT molecular complexity index is 399. The Morgan fingerprint density at radius 2 is 2.14 bits per heavy atom. The lowest BCUT2D eigenvalue weighted by molar-refractivity contribution is 0.586. The third-order valence-corrected chi connectivity index (χ3v) is 4.05. The topological polar surface area (TPSA) is 12.0 Å². The number of halogens is 2. The number of nitrogens with one attached hydrogen (secondary N) is 1. The van der Waals surface area contributed by atoms with Gasteiger partial charge in [0.1, 0.15) is 0 Å². The minimum atomic E-state index is 0.126. The molecule has 0 fully saturated rings. The standard InChI is InChI=1S/C11H13BrClN/c1-6-4-7(12)9(13)8-10(6)14-5-11(8,2)3/h4,14H,5H2,1-3H3. The normalized spacial score (nSPS) is 17.8. The number of aryl methyl sites for hydroxylation is 1. The Morgan fingerprint density at radius 1 is 1.50 bits per heavy atom. The fraction of sp³-hybridized carbons (Fsp3) is 0.455. The maximum absolute atomic E-state index is 6.31. The van der Waals surface area contributed by atoms with Crippen LogP contribution < -0.4 is 5.32 Å². The first kappa shape index (κ1) is 10.3. The van der Waals surface area contributed by atoms with Crippen molar-refractivity contribution in [3.05, 3.63) is 26.7 Å². The van der Waals surface area contributed by atoms with E-state index in [2.05, 4.69) is 48.1 Å². The highest BCUT2D eigenvalue weighted by molar-refractivity contribution is 9.10. The molecular formula is C11H13BrClN. The van der Waals surface area contributed by atoms with Crippen molar-refractivity contribution in [1.29, 1.82) is 0 Å². The van der Waals surface area contributed by atoms with Crippen molar-refractivity contribution in [2.24, 2.45) is 0 Å². The molecule has 0 amide bonds. The smallest absolute Gasteiger partial charge is 0.0607 e. The van der Waals surface area contributed by atoms with E-state index in [0.29, 0.717) is 0 Å². The van der Waals surface area contributed by atoms with Gasteiger partial charge in [-0.1, -0.05) is 25.4 Å². The minimum Gasteiger partial charge on any atom is -0.384 e. The van der Waals surface area contributed by atoms with Crippen molar-refractivity contribution in [2.45, 2.75) is 26.2 Å². The van der Waals surface area contributed by atoms with Crippen molar-refractivity contribution in [3.8, 4) is 0 Å². The monoisotopic (exact) mass is 273 g/mol. The summed E-state index contributed by atoms with van der Waals surface area (Å²) in [6.07, 6.45) is 0. The molecule has 1 aliphatic rings. The molecule has 0 spiro atoms. The highest BCUT2D eigenvalue weighted by Crippen LogP contribution is 2.45. The first-order valence-corrected chi connectivity index (χ1v) is 5.83. The first-order valence-electron chi connectivity index (χ1n) is 4.66. The number of benzene rings is 1. The summed E-state index contributed by atoms with van der Waals surface area (Å²) in [5, 5.41) is 4.27. The summed E-state index contributed by atoms with van der Waals surface area (Å²) in [6.45, 7) is 7.49. The molecule has 0 saturated heterocycles. The van der Waals surface area contributed by atoms with Crippen LogP contribution in [-0.2, 0) is 5.41 Å². The average Bonchev–Trinajstić information content (AvgIpc) is 2.38. The molecule has 0 bridgehead atoms. The van der Waals surface area contributed by atoms with E-state index in [0.717, 1.165) is 16.0 Å². The molecule has 76 valence electrons. The van der Waals surface area contributed by atoms with E-state index in [4.69, 9.17) is 11.6 Å². The van der Waals surface area contributed by atoms with Crippen LogP contribution in [0.25, 0.3) is 0 Å².